The highest BCUT2D eigenvalue weighted by Crippen LogP contribution is 2.28. The SMILES string of the molecule is COc1ccc(NC(=O)CSC/C(O)=C(\C#N)c2nc3ccccc3s2)cc1. The summed E-state index contributed by atoms with van der Waals surface area (Å²) in [5.74, 6) is 0.732. The average Bonchev–Trinajstić information content (AvgIpc) is 3.12. The van der Waals surface area contributed by atoms with Gasteiger partial charge in [-0.3, -0.25) is 4.79 Å². The number of aliphatic hydroxyl groups is 1. The fraction of sp³-hybridized carbons (Fsp3) is 0.150. The number of thioether (sulfide) groups is 1. The molecule has 28 heavy (non-hydrogen) atoms. The van der Waals surface area contributed by atoms with Crippen LogP contribution in [-0.4, -0.2) is 34.6 Å². The third kappa shape index (κ3) is 4.82. The molecule has 0 bridgehead atoms. The zero-order chi connectivity index (χ0) is 19.9. The van der Waals surface area contributed by atoms with Crippen LogP contribution in [0.3, 0.4) is 0 Å². The third-order valence-corrected chi connectivity index (χ3v) is 5.75. The number of para-hydroxylation sites is 1. The van der Waals surface area contributed by atoms with E-state index in [0.29, 0.717) is 16.4 Å². The second-order valence-corrected chi connectivity index (χ2v) is 7.71. The first-order valence-corrected chi connectivity index (χ1v) is 10.3. The second-order valence-electron chi connectivity index (χ2n) is 5.69. The normalized spacial score (nSPS) is 11.6. The molecule has 0 unspecified atom stereocenters. The van der Waals surface area contributed by atoms with Gasteiger partial charge in [-0.15, -0.1) is 23.1 Å². The van der Waals surface area contributed by atoms with Crippen LogP contribution in [0, 0.1) is 11.3 Å². The third-order valence-electron chi connectivity index (χ3n) is 3.75. The standard InChI is InChI=1S/C20H17N3O3S2/c1-26-14-8-6-13(7-9-14)22-19(25)12-27-11-17(24)15(10-21)20-23-16-4-2-3-5-18(16)28-20/h2-9,24H,11-12H2,1H3,(H,22,25)/b17-15-. The zero-order valence-electron chi connectivity index (χ0n) is 15.0. The van der Waals surface area contributed by atoms with Gasteiger partial charge in [-0.1, -0.05) is 12.1 Å². The van der Waals surface area contributed by atoms with Gasteiger partial charge in [-0.25, -0.2) is 4.98 Å². The molecule has 3 rings (SSSR count). The van der Waals surface area contributed by atoms with E-state index >= 15 is 0 Å². The number of aliphatic hydroxyl groups excluding tert-OH is 1. The average molecular weight is 412 g/mol. The van der Waals surface area contributed by atoms with Crippen molar-refractivity contribution in [2.75, 3.05) is 23.9 Å². The van der Waals surface area contributed by atoms with Crippen LogP contribution in [0.25, 0.3) is 15.8 Å². The van der Waals surface area contributed by atoms with Gasteiger partial charge >= 0.3 is 0 Å². The molecule has 0 atom stereocenters. The lowest BCUT2D eigenvalue weighted by Gasteiger charge is -2.06. The van der Waals surface area contributed by atoms with E-state index in [1.165, 1.54) is 23.1 Å². The maximum atomic E-state index is 12.0. The van der Waals surface area contributed by atoms with Gasteiger partial charge in [0.1, 0.15) is 28.2 Å². The van der Waals surface area contributed by atoms with Crippen molar-refractivity contribution in [3.05, 3.63) is 59.3 Å². The number of hydrogen-bond acceptors (Lipinski definition) is 7. The Hall–Kier alpha value is -3.02. The van der Waals surface area contributed by atoms with Crippen molar-refractivity contribution in [2.45, 2.75) is 0 Å². The number of benzene rings is 2. The van der Waals surface area contributed by atoms with Crippen LogP contribution in [0.1, 0.15) is 5.01 Å². The first kappa shape index (κ1) is 19.7. The van der Waals surface area contributed by atoms with Gasteiger partial charge in [0, 0.05) is 5.69 Å². The molecule has 2 aromatic carbocycles. The van der Waals surface area contributed by atoms with Crippen LogP contribution in [0.15, 0.2) is 54.3 Å². The van der Waals surface area contributed by atoms with E-state index in [1.807, 2.05) is 30.3 Å². The number of allylic oxidation sites excluding steroid dienone is 1. The van der Waals surface area contributed by atoms with E-state index in [-0.39, 0.29) is 28.7 Å². The lowest BCUT2D eigenvalue weighted by atomic mass is 10.2. The first-order valence-electron chi connectivity index (χ1n) is 8.30. The van der Waals surface area contributed by atoms with Crippen molar-refractivity contribution < 1.29 is 14.6 Å². The summed E-state index contributed by atoms with van der Waals surface area (Å²) < 4.78 is 6.02. The fourth-order valence-electron chi connectivity index (χ4n) is 2.40. The Balaban J connectivity index is 1.58. The monoisotopic (exact) mass is 411 g/mol. The first-order chi connectivity index (χ1) is 13.6. The number of thiazole rings is 1. The van der Waals surface area contributed by atoms with Gasteiger partial charge in [0.15, 0.2) is 0 Å². The van der Waals surface area contributed by atoms with E-state index in [2.05, 4.69) is 10.3 Å². The molecule has 0 spiro atoms. The van der Waals surface area contributed by atoms with Gasteiger partial charge in [0.05, 0.1) is 28.8 Å². The van der Waals surface area contributed by atoms with Crippen molar-refractivity contribution >= 4 is 50.5 Å². The van der Waals surface area contributed by atoms with E-state index < -0.39 is 0 Å². The largest absolute Gasteiger partial charge is 0.510 e. The summed E-state index contributed by atoms with van der Waals surface area (Å²) in [6, 6.07) is 16.6. The number of carbonyl (C=O) groups is 1. The summed E-state index contributed by atoms with van der Waals surface area (Å²) in [6.45, 7) is 0. The van der Waals surface area contributed by atoms with Crippen LogP contribution in [0.4, 0.5) is 5.69 Å². The van der Waals surface area contributed by atoms with Crippen LogP contribution in [0.5, 0.6) is 5.75 Å². The van der Waals surface area contributed by atoms with Crippen molar-refractivity contribution in [1.29, 1.82) is 5.26 Å². The Labute approximate surface area is 170 Å². The second kappa shape index (κ2) is 9.26. The van der Waals surface area contributed by atoms with Crippen LogP contribution in [-0.2, 0) is 4.79 Å². The maximum Gasteiger partial charge on any atom is 0.234 e. The number of ether oxygens (including phenoxy) is 1. The lowest BCUT2D eigenvalue weighted by Crippen LogP contribution is -2.14. The predicted molar refractivity (Wildman–Crippen MR) is 114 cm³/mol. The smallest absolute Gasteiger partial charge is 0.234 e. The number of nitriles is 1. The summed E-state index contributed by atoms with van der Waals surface area (Å²) >= 11 is 2.58. The molecule has 0 aliphatic heterocycles. The summed E-state index contributed by atoms with van der Waals surface area (Å²) in [5, 5.41) is 23.0. The van der Waals surface area contributed by atoms with E-state index in [9.17, 15) is 15.2 Å². The van der Waals surface area contributed by atoms with Gasteiger partial charge in [-0.05, 0) is 36.4 Å². The predicted octanol–water partition coefficient (Wildman–Crippen LogP) is 4.47. The van der Waals surface area contributed by atoms with E-state index in [4.69, 9.17) is 4.74 Å². The number of methoxy groups -OCH3 is 1. The van der Waals surface area contributed by atoms with Crippen LogP contribution in [0.2, 0.25) is 0 Å². The Bertz CT molecular complexity index is 1020. The topological polar surface area (TPSA) is 95.2 Å². The molecule has 0 aliphatic carbocycles. The number of nitrogens with one attached hydrogen (secondary N) is 1. The van der Waals surface area contributed by atoms with E-state index in [1.54, 1.807) is 31.4 Å². The highest BCUT2D eigenvalue weighted by molar-refractivity contribution is 8.00. The molecule has 142 valence electrons. The zero-order valence-corrected chi connectivity index (χ0v) is 16.6. The summed E-state index contributed by atoms with van der Waals surface area (Å²) in [5.41, 5.74) is 1.59. The van der Waals surface area contributed by atoms with Crippen LogP contribution < -0.4 is 10.1 Å². The summed E-state index contributed by atoms with van der Waals surface area (Å²) in [6.07, 6.45) is 0. The van der Waals surface area contributed by atoms with Crippen molar-refractivity contribution in [1.82, 2.24) is 4.98 Å². The van der Waals surface area contributed by atoms with Gasteiger partial charge in [0.2, 0.25) is 5.91 Å². The number of nitrogens with zero attached hydrogens (tertiary/aromatic N) is 2. The van der Waals surface area contributed by atoms with Gasteiger partial charge < -0.3 is 15.2 Å². The molecule has 8 heteroatoms. The highest BCUT2D eigenvalue weighted by atomic mass is 32.2. The Kier molecular flexibility index (Phi) is 6.53. The highest BCUT2D eigenvalue weighted by Gasteiger charge is 2.14. The molecule has 3 aromatic rings. The minimum atomic E-state index is -0.193. The molecule has 0 radical (unpaired) electrons. The van der Waals surface area contributed by atoms with Crippen molar-refractivity contribution in [2.24, 2.45) is 0 Å². The minimum Gasteiger partial charge on any atom is -0.510 e. The van der Waals surface area contributed by atoms with Crippen molar-refractivity contribution in [3.63, 3.8) is 0 Å². The molecule has 1 amide bonds. The molecule has 0 fully saturated rings. The van der Waals surface area contributed by atoms with Crippen molar-refractivity contribution in [3.8, 4) is 11.8 Å². The molecular weight excluding hydrogens is 394 g/mol. The fourth-order valence-corrected chi connectivity index (χ4v) is 4.08. The lowest BCUT2D eigenvalue weighted by molar-refractivity contribution is -0.113. The number of aromatic nitrogens is 1. The van der Waals surface area contributed by atoms with E-state index in [0.717, 1.165) is 10.2 Å². The Morgan fingerprint density at radius 2 is 2.00 bits per heavy atom. The molecule has 0 aliphatic rings. The molecule has 0 saturated carbocycles. The molecular formula is C20H17N3O3S2. The molecule has 1 heterocycles. The molecule has 6 nitrogen and oxygen atoms in total. The molecule has 1 aromatic heterocycles. The maximum absolute atomic E-state index is 12.0. The summed E-state index contributed by atoms with van der Waals surface area (Å²) in [4.78, 5) is 16.4. The number of fused-ring (bicyclic) bond motifs is 1. The molecule has 0 saturated heterocycles. The quantitative estimate of drug-likeness (QED) is 0.440. The summed E-state index contributed by atoms with van der Waals surface area (Å²) in [7, 11) is 1.58. The van der Waals surface area contributed by atoms with Gasteiger partial charge in [0.25, 0.3) is 0 Å². The number of anilines is 1. The number of hydrogen-bond donors (Lipinski definition) is 2. The van der Waals surface area contributed by atoms with Crippen LogP contribution >= 0.6 is 23.1 Å². The molecule has 2 N–H and O–H groups in total. The van der Waals surface area contributed by atoms with Gasteiger partial charge in [-0.2, -0.15) is 5.26 Å². The Morgan fingerprint density at radius 3 is 2.68 bits per heavy atom. The number of amides is 1. The minimum absolute atomic E-state index is 0.0798. The number of carbonyl (C=O) groups excluding carboxylic acids is 1. The number of rotatable bonds is 7. The Morgan fingerprint density at radius 1 is 1.25 bits per heavy atom.